The molecule has 0 spiro atoms. The number of halogens is 1. The Kier molecular flexibility index (Phi) is 3.22. The van der Waals surface area contributed by atoms with Crippen LogP contribution < -0.4 is 5.32 Å². The van der Waals surface area contributed by atoms with Gasteiger partial charge < -0.3 is 5.32 Å². The molecular weight excluding hydrogens is 221 g/mol. The minimum Gasteiger partial charge on any atom is -0.356 e. The van der Waals surface area contributed by atoms with Gasteiger partial charge in [0, 0.05) is 13.0 Å². The second-order valence-corrected chi connectivity index (χ2v) is 4.34. The number of hydrogen-bond donors (Lipinski definition) is 1. The minimum absolute atomic E-state index is 0.00250. The van der Waals surface area contributed by atoms with Crippen molar-refractivity contribution in [1.29, 1.82) is 0 Å². The first kappa shape index (κ1) is 11.8. The predicted octanol–water partition coefficient (Wildman–Crippen LogP) is 2.02. The van der Waals surface area contributed by atoms with Gasteiger partial charge in [0.2, 0.25) is 5.91 Å². The predicted molar refractivity (Wildman–Crippen MR) is 61.4 cm³/mol. The SMILES string of the molecule is CC(=O)c1ccc([C@@H]2CCNC(=O)C2)cc1F. The zero-order chi connectivity index (χ0) is 12.4. The highest BCUT2D eigenvalue weighted by Crippen LogP contribution is 2.27. The third-order valence-electron chi connectivity index (χ3n) is 3.09. The molecule has 0 saturated carbocycles. The van der Waals surface area contributed by atoms with Crippen LogP contribution in [0.1, 0.15) is 41.6 Å². The summed E-state index contributed by atoms with van der Waals surface area (Å²) in [5.74, 6) is -0.729. The van der Waals surface area contributed by atoms with Gasteiger partial charge in [-0.1, -0.05) is 6.07 Å². The molecule has 1 atom stereocenters. The van der Waals surface area contributed by atoms with Gasteiger partial charge in [-0.15, -0.1) is 0 Å². The van der Waals surface area contributed by atoms with Crippen molar-refractivity contribution in [3.8, 4) is 0 Å². The number of Topliss-reactive ketones (excluding diaryl/α,β-unsaturated/α-hetero) is 1. The quantitative estimate of drug-likeness (QED) is 0.797. The zero-order valence-corrected chi connectivity index (χ0v) is 9.63. The number of piperidine rings is 1. The average molecular weight is 235 g/mol. The molecule has 1 amide bonds. The number of rotatable bonds is 2. The second-order valence-electron chi connectivity index (χ2n) is 4.34. The molecule has 1 fully saturated rings. The van der Waals surface area contributed by atoms with Crippen LogP contribution in [0, 0.1) is 5.82 Å². The van der Waals surface area contributed by atoms with Crippen molar-refractivity contribution in [3.63, 3.8) is 0 Å². The van der Waals surface area contributed by atoms with Crippen molar-refractivity contribution >= 4 is 11.7 Å². The van der Waals surface area contributed by atoms with Gasteiger partial charge in [-0.25, -0.2) is 4.39 Å². The van der Waals surface area contributed by atoms with E-state index in [0.29, 0.717) is 13.0 Å². The molecule has 1 saturated heterocycles. The van der Waals surface area contributed by atoms with Crippen LogP contribution in [0.5, 0.6) is 0 Å². The normalized spacial score (nSPS) is 19.9. The van der Waals surface area contributed by atoms with Crippen molar-refractivity contribution in [3.05, 3.63) is 35.1 Å². The fourth-order valence-electron chi connectivity index (χ4n) is 2.14. The highest BCUT2D eigenvalue weighted by Gasteiger charge is 2.21. The Morgan fingerprint density at radius 1 is 1.47 bits per heavy atom. The molecule has 1 aliphatic heterocycles. The summed E-state index contributed by atoms with van der Waals surface area (Å²) in [5.41, 5.74) is 0.899. The number of carbonyl (C=O) groups excluding carboxylic acids is 2. The average Bonchev–Trinajstić information content (AvgIpc) is 2.28. The van der Waals surface area contributed by atoms with E-state index in [4.69, 9.17) is 0 Å². The summed E-state index contributed by atoms with van der Waals surface area (Å²) in [4.78, 5) is 22.3. The van der Waals surface area contributed by atoms with Gasteiger partial charge in [0.1, 0.15) is 5.82 Å². The van der Waals surface area contributed by atoms with Gasteiger partial charge in [0.05, 0.1) is 5.56 Å². The van der Waals surface area contributed by atoms with Crippen LogP contribution in [0.4, 0.5) is 4.39 Å². The maximum Gasteiger partial charge on any atom is 0.220 e. The fraction of sp³-hybridized carbons (Fsp3) is 0.385. The molecule has 1 aromatic carbocycles. The Balaban J connectivity index is 2.25. The van der Waals surface area contributed by atoms with Crippen LogP contribution in [-0.4, -0.2) is 18.2 Å². The molecule has 0 bridgehead atoms. The van der Waals surface area contributed by atoms with Crippen LogP contribution in [0.25, 0.3) is 0 Å². The fourth-order valence-corrected chi connectivity index (χ4v) is 2.14. The molecule has 0 radical (unpaired) electrons. The number of nitrogens with one attached hydrogen (secondary N) is 1. The molecule has 4 heteroatoms. The van der Waals surface area contributed by atoms with Crippen LogP contribution >= 0.6 is 0 Å². The Hall–Kier alpha value is -1.71. The molecule has 1 N–H and O–H groups in total. The molecule has 0 aromatic heterocycles. The Bertz CT molecular complexity index is 470. The van der Waals surface area contributed by atoms with E-state index in [1.165, 1.54) is 19.1 Å². The highest BCUT2D eigenvalue weighted by atomic mass is 19.1. The van der Waals surface area contributed by atoms with Crippen molar-refractivity contribution in [2.45, 2.75) is 25.7 Å². The minimum atomic E-state index is -0.499. The number of benzene rings is 1. The molecule has 0 unspecified atom stereocenters. The number of carbonyl (C=O) groups is 2. The first-order valence-electron chi connectivity index (χ1n) is 5.65. The van der Waals surface area contributed by atoms with E-state index in [0.717, 1.165) is 12.0 Å². The van der Waals surface area contributed by atoms with E-state index in [1.807, 2.05) is 0 Å². The summed E-state index contributed by atoms with van der Waals surface area (Å²) in [5, 5.41) is 2.74. The lowest BCUT2D eigenvalue weighted by molar-refractivity contribution is -0.122. The van der Waals surface area contributed by atoms with Crippen LogP contribution in [0.15, 0.2) is 18.2 Å². The summed E-state index contributed by atoms with van der Waals surface area (Å²) in [6, 6.07) is 4.61. The standard InChI is InChI=1S/C13H14FNO2/c1-8(16)11-3-2-9(6-12(11)14)10-4-5-15-13(17)7-10/h2-3,6,10H,4-5,7H2,1H3,(H,15,17)/t10-/m1/s1. The largest absolute Gasteiger partial charge is 0.356 e. The lowest BCUT2D eigenvalue weighted by atomic mass is 9.89. The van der Waals surface area contributed by atoms with Gasteiger partial charge >= 0.3 is 0 Å². The summed E-state index contributed by atoms with van der Waals surface area (Å²) < 4.78 is 13.6. The lowest BCUT2D eigenvalue weighted by Crippen LogP contribution is -2.32. The van der Waals surface area contributed by atoms with Crippen molar-refractivity contribution in [2.24, 2.45) is 0 Å². The smallest absolute Gasteiger partial charge is 0.220 e. The van der Waals surface area contributed by atoms with Crippen LogP contribution in [0.2, 0.25) is 0 Å². The lowest BCUT2D eigenvalue weighted by Gasteiger charge is -2.22. The summed E-state index contributed by atoms with van der Waals surface area (Å²) in [7, 11) is 0. The first-order valence-corrected chi connectivity index (χ1v) is 5.65. The van der Waals surface area contributed by atoms with E-state index >= 15 is 0 Å². The van der Waals surface area contributed by atoms with Crippen molar-refractivity contribution < 1.29 is 14.0 Å². The van der Waals surface area contributed by atoms with E-state index in [9.17, 15) is 14.0 Å². The third kappa shape index (κ3) is 2.52. The Labute approximate surface area is 99.0 Å². The Morgan fingerprint density at radius 2 is 2.24 bits per heavy atom. The molecule has 90 valence electrons. The van der Waals surface area contributed by atoms with E-state index in [-0.39, 0.29) is 23.2 Å². The summed E-state index contributed by atoms with van der Waals surface area (Å²) in [6.07, 6.45) is 1.20. The van der Waals surface area contributed by atoms with Gasteiger partial charge in [0.25, 0.3) is 0 Å². The van der Waals surface area contributed by atoms with E-state index in [1.54, 1.807) is 6.07 Å². The van der Waals surface area contributed by atoms with Gasteiger partial charge in [-0.05, 0) is 37.0 Å². The number of ketones is 1. The summed E-state index contributed by atoms with van der Waals surface area (Å²) in [6.45, 7) is 1.96. The Morgan fingerprint density at radius 3 is 2.82 bits per heavy atom. The van der Waals surface area contributed by atoms with E-state index in [2.05, 4.69) is 5.32 Å². The third-order valence-corrected chi connectivity index (χ3v) is 3.09. The van der Waals surface area contributed by atoms with Crippen LogP contribution in [-0.2, 0) is 4.79 Å². The molecule has 1 heterocycles. The molecule has 1 aromatic rings. The number of hydrogen-bond acceptors (Lipinski definition) is 2. The topological polar surface area (TPSA) is 46.2 Å². The molecule has 0 aliphatic carbocycles. The monoisotopic (exact) mass is 235 g/mol. The maximum atomic E-state index is 13.6. The molecule has 1 aliphatic rings. The summed E-state index contributed by atoms with van der Waals surface area (Å²) >= 11 is 0. The van der Waals surface area contributed by atoms with Gasteiger partial charge in [-0.2, -0.15) is 0 Å². The van der Waals surface area contributed by atoms with Crippen LogP contribution in [0.3, 0.4) is 0 Å². The molecule has 2 rings (SSSR count). The van der Waals surface area contributed by atoms with Gasteiger partial charge in [0.15, 0.2) is 5.78 Å². The van der Waals surface area contributed by atoms with Crippen molar-refractivity contribution in [1.82, 2.24) is 5.32 Å². The zero-order valence-electron chi connectivity index (χ0n) is 9.63. The van der Waals surface area contributed by atoms with E-state index < -0.39 is 5.82 Å². The van der Waals surface area contributed by atoms with Crippen molar-refractivity contribution in [2.75, 3.05) is 6.54 Å². The number of amides is 1. The molecule has 3 nitrogen and oxygen atoms in total. The molecule has 17 heavy (non-hydrogen) atoms. The van der Waals surface area contributed by atoms with Gasteiger partial charge in [-0.3, -0.25) is 9.59 Å². The molecular formula is C13H14FNO2. The highest BCUT2D eigenvalue weighted by molar-refractivity contribution is 5.94. The maximum absolute atomic E-state index is 13.6. The second kappa shape index (κ2) is 4.65. The first-order chi connectivity index (χ1) is 8.08.